The van der Waals surface area contributed by atoms with E-state index in [1.807, 2.05) is 25.2 Å². The molecule has 0 amide bonds. The van der Waals surface area contributed by atoms with E-state index in [1.54, 1.807) is 0 Å². The van der Waals surface area contributed by atoms with E-state index in [0.29, 0.717) is 18.4 Å². The summed E-state index contributed by atoms with van der Waals surface area (Å²) in [5, 5.41) is 10.7. The number of ether oxygens (including phenoxy) is 1. The Morgan fingerprint density at radius 1 is 1.46 bits per heavy atom. The van der Waals surface area contributed by atoms with Crippen LogP contribution in [0, 0.1) is 5.92 Å². The minimum Gasteiger partial charge on any atom is -0.489 e. The normalized spacial score (nSPS) is 27.1. The zero-order valence-electron chi connectivity index (χ0n) is 14.9. The van der Waals surface area contributed by atoms with Crippen LogP contribution in [0.2, 0.25) is 0 Å². The van der Waals surface area contributed by atoms with E-state index in [4.69, 9.17) is 4.74 Å². The van der Waals surface area contributed by atoms with Crippen molar-refractivity contribution in [3.63, 3.8) is 0 Å². The van der Waals surface area contributed by atoms with Gasteiger partial charge in [-0.25, -0.2) is 0 Å². The fourth-order valence-corrected chi connectivity index (χ4v) is 3.38. The molecule has 0 aromatic carbocycles. The summed E-state index contributed by atoms with van der Waals surface area (Å²) in [6, 6.07) is 0. The highest BCUT2D eigenvalue weighted by Gasteiger charge is 2.46. The van der Waals surface area contributed by atoms with Gasteiger partial charge in [0.25, 0.3) is 0 Å². The Balaban J connectivity index is 2.15. The third-order valence-electron chi connectivity index (χ3n) is 4.95. The Morgan fingerprint density at radius 2 is 2.21 bits per heavy atom. The number of carbonyl (C=O) groups is 2. The average molecular weight is 332 g/mol. The Hall–Kier alpha value is -1.68. The molecule has 1 aliphatic carbocycles. The fraction of sp³-hybridized carbons (Fsp3) is 0.600. The molecule has 0 saturated heterocycles. The molecule has 0 bridgehead atoms. The van der Waals surface area contributed by atoms with E-state index in [1.165, 1.54) is 6.92 Å². The van der Waals surface area contributed by atoms with E-state index >= 15 is 0 Å². The molecule has 0 aromatic rings. The van der Waals surface area contributed by atoms with Gasteiger partial charge >= 0.3 is 0 Å². The lowest BCUT2D eigenvalue weighted by Crippen LogP contribution is -2.49. The maximum absolute atomic E-state index is 12.7. The van der Waals surface area contributed by atoms with Crippen LogP contribution in [0.1, 0.15) is 59.3 Å². The Morgan fingerprint density at radius 3 is 2.88 bits per heavy atom. The molecular formula is C20H28O4. The lowest BCUT2D eigenvalue weighted by atomic mass is 9.70. The predicted octanol–water partition coefficient (Wildman–Crippen LogP) is 3.65. The van der Waals surface area contributed by atoms with Gasteiger partial charge in [0.2, 0.25) is 0 Å². The Kier molecular flexibility index (Phi) is 6.16. The highest BCUT2D eigenvalue weighted by Crippen LogP contribution is 2.40. The number of carbonyl (C=O) groups excluding carboxylic acids is 2. The second-order valence-corrected chi connectivity index (χ2v) is 6.92. The lowest BCUT2D eigenvalue weighted by molar-refractivity contribution is -0.141. The first-order valence-corrected chi connectivity index (χ1v) is 8.88. The maximum atomic E-state index is 12.7. The molecule has 1 N–H and O–H groups in total. The summed E-state index contributed by atoms with van der Waals surface area (Å²) >= 11 is 0. The van der Waals surface area contributed by atoms with Crippen molar-refractivity contribution in [1.82, 2.24) is 0 Å². The standard InChI is InChI=1S/C20H28O4/c1-4-6-7-9-16(21)12-15-10-14-11-17(8-5-2)24-13-18(14)19(22)20(15,3)23/h5,8,11,15,23H,4,6-7,9-10,12-13H2,1-3H3. The van der Waals surface area contributed by atoms with Crippen molar-refractivity contribution >= 4 is 11.6 Å². The van der Waals surface area contributed by atoms with Crippen molar-refractivity contribution < 1.29 is 19.4 Å². The first-order valence-electron chi connectivity index (χ1n) is 8.88. The highest BCUT2D eigenvalue weighted by atomic mass is 16.5. The molecule has 24 heavy (non-hydrogen) atoms. The van der Waals surface area contributed by atoms with Crippen LogP contribution in [0.5, 0.6) is 0 Å². The van der Waals surface area contributed by atoms with Crippen LogP contribution in [0.25, 0.3) is 0 Å². The monoisotopic (exact) mass is 332 g/mol. The topological polar surface area (TPSA) is 63.6 Å². The first kappa shape index (κ1) is 18.7. The summed E-state index contributed by atoms with van der Waals surface area (Å²) in [6.45, 7) is 5.73. The third kappa shape index (κ3) is 4.04. The summed E-state index contributed by atoms with van der Waals surface area (Å²) < 4.78 is 5.55. The first-order chi connectivity index (χ1) is 11.4. The SMILES string of the molecule is CC=CC1=CC2=C(CO1)C(=O)C(C)(O)C(CC(=O)CCCCC)C2. The quantitative estimate of drug-likeness (QED) is 0.723. The van der Waals surface area contributed by atoms with Crippen LogP contribution in [-0.4, -0.2) is 28.9 Å². The molecule has 0 aromatic heterocycles. The van der Waals surface area contributed by atoms with Crippen molar-refractivity contribution in [3.05, 3.63) is 35.1 Å². The number of unbranched alkanes of at least 4 members (excludes halogenated alkanes) is 2. The van der Waals surface area contributed by atoms with Gasteiger partial charge in [0, 0.05) is 24.3 Å². The number of ketones is 2. The zero-order chi connectivity index (χ0) is 17.7. The lowest BCUT2D eigenvalue weighted by Gasteiger charge is -2.38. The van der Waals surface area contributed by atoms with Crippen molar-refractivity contribution in [2.75, 3.05) is 6.61 Å². The van der Waals surface area contributed by atoms with Gasteiger partial charge < -0.3 is 9.84 Å². The summed E-state index contributed by atoms with van der Waals surface area (Å²) in [6.07, 6.45) is 9.91. The molecule has 0 fully saturated rings. The van der Waals surface area contributed by atoms with Gasteiger partial charge in [-0.2, -0.15) is 0 Å². The van der Waals surface area contributed by atoms with Gasteiger partial charge in [-0.1, -0.05) is 25.8 Å². The number of hydrogen-bond acceptors (Lipinski definition) is 4. The second kappa shape index (κ2) is 7.93. The molecule has 1 aliphatic heterocycles. The van der Waals surface area contributed by atoms with E-state index < -0.39 is 5.60 Å². The molecule has 0 saturated carbocycles. The van der Waals surface area contributed by atoms with E-state index in [2.05, 4.69) is 6.92 Å². The number of hydrogen-bond donors (Lipinski definition) is 1. The van der Waals surface area contributed by atoms with Crippen LogP contribution in [-0.2, 0) is 14.3 Å². The molecule has 2 rings (SSSR count). The Bertz CT molecular complexity index is 593. The summed E-state index contributed by atoms with van der Waals surface area (Å²) in [5.74, 6) is 0.193. The number of aliphatic hydroxyl groups is 1. The summed E-state index contributed by atoms with van der Waals surface area (Å²) in [7, 11) is 0. The number of rotatable bonds is 7. The fourth-order valence-electron chi connectivity index (χ4n) is 3.38. The molecule has 4 heteroatoms. The van der Waals surface area contributed by atoms with Crippen molar-refractivity contribution in [2.24, 2.45) is 5.92 Å². The predicted molar refractivity (Wildman–Crippen MR) is 93.4 cm³/mol. The largest absolute Gasteiger partial charge is 0.489 e. The van der Waals surface area contributed by atoms with Gasteiger partial charge in [0.05, 0.1) is 0 Å². The van der Waals surface area contributed by atoms with Gasteiger partial charge in [0.15, 0.2) is 5.78 Å². The molecule has 1 heterocycles. The summed E-state index contributed by atoms with van der Waals surface area (Å²) in [4.78, 5) is 24.9. The van der Waals surface area contributed by atoms with Crippen molar-refractivity contribution in [3.8, 4) is 0 Å². The van der Waals surface area contributed by atoms with Crippen molar-refractivity contribution in [2.45, 2.75) is 64.9 Å². The van der Waals surface area contributed by atoms with E-state index in [0.717, 1.165) is 30.6 Å². The molecule has 2 atom stereocenters. The molecule has 132 valence electrons. The average Bonchev–Trinajstić information content (AvgIpc) is 2.53. The van der Waals surface area contributed by atoms with Gasteiger partial charge in [-0.3, -0.25) is 9.59 Å². The molecule has 2 unspecified atom stereocenters. The minimum atomic E-state index is -1.49. The van der Waals surface area contributed by atoms with E-state index in [-0.39, 0.29) is 30.5 Å². The highest BCUT2D eigenvalue weighted by molar-refractivity contribution is 6.04. The van der Waals surface area contributed by atoms with E-state index in [9.17, 15) is 14.7 Å². The molecule has 0 radical (unpaired) electrons. The number of allylic oxidation sites excluding steroid dienone is 4. The smallest absolute Gasteiger partial charge is 0.194 e. The molecule has 0 spiro atoms. The summed E-state index contributed by atoms with van der Waals surface area (Å²) in [5.41, 5.74) is -0.0469. The second-order valence-electron chi connectivity index (χ2n) is 6.92. The maximum Gasteiger partial charge on any atom is 0.194 e. The third-order valence-corrected chi connectivity index (χ3v) is 4.95. The Labute approximate surface area is 144 Å². The van der Waals surface area contributed by atoms with Gasteiger partial charge in [-0.05, 0) is 44.4 Å². The minimum absolute atomic E-state index is 0.135. The van der Waals surface area contributed by atoms with Crippen LogP contribution < -0.4 is 0 Å². The van der Waals surface area contributed by atoms with Gasteiger partial charge in [-0.15, -0.1) is 0 Å². The zero-order valence-corrected chi connectivity index (χ0v) is 14.9. The molecule has 4 nitrogen and oxygen atoms in total. The van der Waals surface area contributed by atoms with Gasteiger partial charge in [0.1, 0.15) is 23.8 Å². The van der Waals surface area contributed by atoms with Crippen LogP contribution in [0.3, 0.4) is 0 Å². The van der Waals surface area contributed by atoms with Crippen molar-refractivity contribution in [1.29, 1.82) is 0 Å². The molecular weight excluding hydrogens is 304 g/mol. The van der Waals surface area contributed by atoms with Crippen LogP contribution in [0.15, 0.2) is 35.1 Å². The molecule has 2 aliphatic rings. The van der Waals surface area contributed by atoms with Crippen LogP contribution >= 0.6 is 0 Å². The number of Topliss-reactive ketones (excluding diaryl/α,β-unsaturated/α-hetero) is 2. The van der Waals surface area contributed by atoms with Crippen LogP contribution in [0.4, 0.5) is 0 Å².